The van der Waals surface area contributed by atoms with Crippen molar-refractivity contribution in [2.24, 2.45) is 0 Å². The third-order valence-corrected chi connectivity index (χ3v) is 14.8. The summed E-state index contributed by atoms with van der Waals surface area (Å²) in [6.45, 7) is 0. The van der Waals surface area contributed by atoms with E-state index in [9.17, 15) is 5.26 Å². The molecule has 12 aromatic carbocycles. The summed E-state index contributed by atoms with van der Waals surface area (Å²) < 4.78 is 0. The molecule has 13 aromatic rings. The van der Waals surface area contributed by atoms with Crippen LogP contribution >= 0.6 is 0 Å². The lowest BCUT2D eigenvalue weighted by Crippen LogP contribution is -2.02. The smallest absolute Gasteiger partial charge is 0.164 e. The summed E-state index contributed by atoms with van der Waals surface area (Å²) in [6.07, 6.45) is 0. The number of benzene rings is 12. The summed E-state index contributed by atoms with van der Waals surface area (Å²) in [4.78, 5) is 15.8. The molecular formula is C70H42N4. The minimum Gasteiger partial charge on any atom is -0.208 e. The van der Waals surface area contributed by atoms with Gasteiger partial charge in [0.15, 0.2) is 17.5 Å². The number of rotatable bonds is 8. The Kier molecular flexibility index (Phi) is 10.2. The second-order valence-corrected chi connectivity index (χ2v) is 18.9. The number of hydrogen-bond donors (Lipinski definition) is 0. The van der Waals surface area contributed by atoms with E-state index in [1.807, 2.05) is 72.8 Å². The van der Waals surface area contributed by atoms with E-state index < -0.39 is 0 Å². The zero-order valence-corrected chi connectivity index (χ0v) is 40.0. The molecule has 74 heavy (non-hydrogen) atoms. The largest absolute Gasteiger partial charge is 0.208 e. The molecule has 342 valence electrons. The van der Waals surface area contributed by atoms with Gasteiger partial charge in [0, 0.05) is 27.8 Å². The first kappa shape index (κ1) is 42.8. The van der Waals surface area contributed by atoms with Crippen LogP contribution < -0.4 is 0 Å². The Hall–Kier alpha value is -10.1. The minimum atomic E-state index is 0.518. The van der Waals surface area contributed by atoms with Gasteiger partial charge in [0.25, 0.3) is 0 Å². The monoisotopic (exact) mass is 938 g/mol. The standard InChI is InChI=1S/C70H42N4/c71-43-66-51(45-38-36-44(37-39-45)50-22-6-7-24-53(50)49-40-48-21-16-35-61-55-26-9-11-29-58(55)65(42-49)67(48)61)33-17-34-59(66)56-27-12-14-31-62(56)69-72-68(46-18-2-1-3-19-46)73-70(74-69)63-32-15-13-30-60(63)64-41-47-20-4-5-23-52(47)54-25-8-10-28-57(54)64/h1-42H. The molecule has 0 aliphatic heterocycles. The quantitative estimate of drug-likeness (QED) is 0.142. The molecule has 1 aliphatic carbocycles. The van der Waals surface area contributed by atoms with Gasteiger partial charge in [-0.2, -0.15) is 5.26 Å². The number of nitriles is 1. The Morgan fingerprint density at radius 2 is 0.689 bits per heavy atom. The maximum absolute atomic E-state index is 11.1. The maximum Gasteiger partial charge on any atom is 0.164 e. The SMILES string of the molecule is N#Cc1c(-c2ccc(-c3ccccc3-c3cc4c5c(cccc5c3)-c3ccccc3-4)cc2)cccc1-c1ccccc1-c1nc(-c2ccccc2)nc(-c2ccccc2-c2cc3ccccc3c3ccccc23)n1. The number of nitrogens with zero attached hydrogens (tertiary/aromatic N) is 4. The predicted molar refractivity (Wildman–Crippen MR) is 305 cm³/mol. The van der Waals surface area contributed by atoms with Crippen molar-refractivity contribution in [3.05, 3.63) is 260 Å². The predicted octanol–water partition coefficient (Wildman–Crippen LogP) is 18.2. The molecule has 4 nitrogen and oxygen atoms in total. The maximum atomic E-state index is 11.1. The van der Waals surface area contributed by atoms with Crippen molar-refractivity contribution in [3.63, 3.8) is 0 Å². The summed E-state index contributed by atoms with van der Waals surface area (Å²) in [7, 11) is 0. The van der Waals surface area contributed by atoms with Crippen LogP contribution in [0.3, 0.4) is 0 Å². The average Bonchev–Trinajstić information content (AvgIpc) is 3.81. The van der Waals surface area contributed by atoms with Gasteiger partial charge >= 0.3 is 0 Å². The van der Waals surface area contributed by atoms with Crippen LogP contribution in [0.15, 0.2) is 255 Å². The van der Waals surface area contributed by atoms with Gasteiger partial charge in [-0.3, -0.25) is 0 Å². The van der Waals surface area contributed by atoms with Crippen molar-refractivity contribution in [2.75, 3.05) is 0 Å². The van der Waals surface area contributed by atoms with Crippen LogP contribution in [0.4, 0.5) is 0 Å². The second-order valence-electron chi connectivity index (χ2n) is 18.9. The van der Waals surface area contributed by atoms with Crippen molar-refractivity contribution >= 4 is 32.3 Å². The second kappa shape index (κ2) is 17.6. The van der Waals surface area contributed by atoms with E-state index >= 15 is 0 Å². The zero-order chi connectivity index (χ0) is 49.1. The van der Waals surface area contributed by atoms with Crippen molar-refractivity contribution in [2.45, 2.75) is 0 Å². The lowest BCUT2D eigenvalue weighted by Gasteiger charge is -2.17. The lowest BCUT2D eigenvalue weighted by molar-refractivity contribution is 1.07. The van der Waals surface area contributed by atoms with Crippen LogP contribution in [0.2, 0.25) is 0 Å². The molecule has 0 N–H and O–H groups in total. The van der Waals surface area contributed by atoms with Crippen LogP contribution in [0, 0.1) is 11.3 Å². The van der Waals surface area contributed by atoms with Gasteiger partial charge in [0.05, 0.1) is 5.56 Å². The van der Waals surface area contributed by atoms with Gasteiger partial charge in [-0.15, -0.1) is 0 Å². The molecule has 4 heteroatoms. The molecular weight excluding hydrogens is 897 g/mol. The van der Waals surface area contributed by atoms with Crippen molar-refractivity contribution in [1.29, 1.82) is 5.26 Å². The molecule has 1 aliphatic rings. The average molecular weight is 939 g/mol. The van der Waals surface area contributed by atoms with Gasteiger partial charge in [-0.1, -0.05) is 237 Å². The highest BCUT2D eigenvalue weighted by atomic mass is 15.0. The van der Waals surface area contributed by atoms with Gasteiger partial charge < -0.3 is 0 Å². The van der Waals surface area contributed by atoms with E-state index in [-0.39, 0.29) is 0 Å². The number of hydrogen-bond acceptors (Lipinski definition) is 4. The zero-order valence-electron chi connectivity index (χ0n) is 40.0. The van der Waals surface area contributed by atoms with Crippen LogP contribution in [-0.2, 0) is 0 Å². The van der Waals surface area contributed by atoms with Gasteiger partial charge in [0.2, 0.25) is 0 Å². The van der Waals surface area contributed by atoms with Crippen LogP contribution in [0.1, 0.15) is 5.56 Å². The van der Waals surface area contributed by atoms with Crippen LogP contribution in [0.5, 0.6) is 0 Å². The Labute approximate surface area is 428 Å². The highest BCUT2D eigenvalue weighted by molar-refractivity contribution is 6.17. The van der Waals surface area contributed by atoms with E-state index in [2.05, 4.69) is 188 Å². The number of fused-ring (bicyclic) bond motifs is 6. The molecule has 1 aromatic heterocycles. The molecule has 0 amide bonds. The van der Waals surface area contributed by atoms with Crippen LogP contribution in [0.25, 0.3) is 144 Å². The van der Waals surface area contributed by atoms with E-state index in [4.69, 9.17) is 15.0 Å². The summed E-state index contributed by atoms with van der Waals surface area (Å²) in [5.41, 5.74) is 18.5. The van der Waals surface area contributed by atoms with E-state index in [0.717, 1.165) is 66.6 Å². The van der Waals surface area contributed by atoms with Gasteiger partial charge in [0.1, 0.15) is 6.07 Å². The summed E-state index contributed by atoms with van der Waals surface area (Å²) in [5.74, 6) is 1.64. The molecule has 0 saturated carbocycles. The van der Waals surface area contributed by atoms with Crippen molar-refractivity contribution < 1.29 is 0 Å². The lowest BCUT2D eigenvalue weighted by atomic mass is 9.88. The van der Waals surface area contributed by atoms with Crippen LogP contribution in [-0.4, -0.2) is 15.0 Å². The highest BCUT2D eigenvalue weighted by Crippen LogP contribution is 2.50. The van der Waals surface area contributed by atoms with Gasteiger partial charge in [-0.05, 0) is 117 Å². The first-order valence-electron chi connectivity index (χ1n) is 25.0. The molecule has 1 heterocycles. The molecule has 0 bridgehead atoms. The van der Waals surface area contributed by atoms with Crippen molar-refractivity contribution in [3.8, 4) is 118 Å². The Bertz CT molecular complexity index is 4430. The van der Waals surface area contributed by atoms with E-state index in [0.29, 0.717) is 23.0 Å². The third kappa shape index (κ3) is 7.10. The Balaban J connectivity index is 0.863. The molecule has 0 saturated heterocycles. The van der Waals surface area contributed by atoms with E-state index in [1.54, 1.807) is 0 Å². The van der Waals surface area contributed by atoms with E-state index in [1.165, 1.54) is 60.3 Å². The highest BCUT2D eigenvalue weighted by Gasteiger charge is 2.24. The van der Waals surface area contributed by atoms with Crippen molar-refractivity contribution in [1.82, 2.24) is 15.0 Å². The topological polar surface area (TPSA) is 62.5 Å². The Morgan fingerprint density at radius 3 is 1.36 bits per heavy atom. The Morgan fingerprint density at radius 1 is 0.243 bits per heavy atom. The third-order valence-electron chi connectivity index (χ3n) is 14.8. The molecule has 0 unspecified atom stereocenters. The normalized spacial score (nSPS) is 11.5. The van der Waals surface area contributed by atoms with Gasteiger partial charge in [-0.25, -0.2) is 15.0 Å². The fourth-order valence-corrected chi connectivity index (χ4v) is 11.4. The molecule has 0 spiro atoms. The minimum absolute atomic E-state index is 0.518. The summed E-state index contributed by atoms with van der Waals surface area (Å²) >= 11 is 0. The fourth-order valence-electron chi connectivity index (χ4n) is 11.4. The molecule has 0 fully saturated rings. The summed E-state index contributed by atoms with van der Waals surface area (Å²) in [5, 5.41) is 18.4. The molecule has 14 rings (SSSR count). The number of aromatic nitrogens is 3. The summed E-state index contributed by atoms with van der Waals surface area (Å²) in [6, 6.07) is 92.1. The first-order valence-corrected chi connectivity index (χ1v) is 25.0. The molecule has 0 radical (unpaired) electrons. The molecule has 0 atom stereocenters. The first-order chi connectivity index (χ1) is 36.7. The fraction of sp³-hybridized carbons (Fsp3) is 0.